The van der Waals surface area contributed by atoms with Crippen molar-refractivity contribution in [2.45, 2.75) is 25.8 Å². The second-order valence-corrected chi connectivity index (χ2v) is 4.35. The number of hydrogen-bond acceptors (Lipinski definition) is 1. The fraction of sp³-hybridized carbons (Fsp3) is 0.455. The molecular weight excluding hydrogens is 165 g/mol. The van der Waals surface area contributed by atoms with Crippen LogP contribution in [-0.4, -0.2) is 6.04 Å². The Morgan fingerprint density at radius 1 is 1.31 bits per heavy atom. The van der Waals surface area contributed by atoms with Crippen LogP contribution in [-0.2, 0) is 0 Å². The van der Waals surface area contributed by atoms with E-state index >= 15 is 0 Å². The zero-order valence-electron chi connectivity index (χ0n) is 7.92. The fourth-order valence-electron chi connectivity index (χ4n) is 2.00. The Labute approximate surface area is 77.8 Å². The molecule has 0 amide bonds. The second-order valence-electron chi connectivity index (χ2n) is 4.35. The molecule has 1 aliphatic carbocycles. The summed E-state index contributed by atoms with van der Waals surface area (Å²) in [6, 6.07) is 6.99. The number of benzene rings is 1. The molecule has 2 heteroatoms. The fourth-order valence-corrected chi connectivity index (χ4v) is 2.00. The maximum absolute atomic E-state index is 13.3. The van der Waals surface area contributed by atoms with Crippen LogP contribution in [0.4, 0.5) is 4.39 Å². The van der Waals surface area contributed by atoms with Crippen LogP contribution >= 0.6 is 0 Å². The maximum atomic E-state index is 13.3. The molecule has 2 N–H and O–H groups in total. The van der Waals surface area contributed by atoms with Crippen molar-refractivity contribution in [2.24, 2.45) is 11.1 Å². The number of rotatable bonds is 1. The summed E-state index contributed by atoms with van der Waals surface area (Å²) in [4.78, 5) is 0. The van der Waals surface area contributed by atoms with Gasteiger partial charge in [-0.05, 0) is 17.0 Å². The van der Waals surface area contributed by atoms with Crippen molar-refractivity contribution in [3.05, 3.63) is 35.6 Å². The van der Waals surface area contributed by atoms with Crippen molar-refractivity contribution in [1.82, 2.24) is 0 Å². The first-order valence-electron chi connectivity index (χ1n) is 4.55. The molecule has 0 aliphatic heterocycles. The van der Waals surface area contributed by atoms with E-state index in [2.05, 4.69) is 13.8 Å². The van der Waals surface area contributed by atoms with Crippen LogP contribution in [0, 0.1) is 11.2 Å². The normalized spacial score (nSPS) is 30.2. The van der Waals surface area contributed by atoms with Crippen LogP contribution in [0.3, 0.4) is 0 Å². The van der Waals surface area contributed by atoms with Gasteiger partial charge in [-0.25, -0.2) is 4.39 Å². The molecule has 1 aliphatic rings. The van der Waals surface area contributed by atoms with Gasteiger partial charge in [0.15, 0.2) is 0 Å². The molecule has 1 aromatic carbocycles. The monoisotopic (exact) mass is 179 g/mol. The van der Waals surface area contributed by atoms with Gasteiger partial charge < -0.3 is 5.73 Å². The zero-order valence-corrected chi connectivity index (χ0v) is 7.92. The molecule has 1 fully saturated rings. The zero-order chi connectivity index (χ0) is 9.64. The minimum atomic E-state index is -0.131. The third kappa shape index (κ3) is 1.17. The Kier molecular flexibility index (Phi) is 1.70. The molecular formula is C11H14FN. The van der Waals surface area contributed by atoms with Gasteiger partial charge in [-0.1, -0.05) is 32.0 Å². The molecule has 13 heavy (non-hydrogen) atoms. The number of hydrogen-bond donors (Lipinski definition) is 1. The molecule has 0 unspecified atom stereocenters. The molecule has 0 radical (unpaired) electrons. The van der Waals surface area contributed by atoms with Crippen molar-refractivity contribution in [1.29, 1.82) is 0 Å². The minimum absolute atomic E-state index is 0.0577. The standard InChI is InChI=1S/C11H14FN/c1-11(2)9(10(11)13)7-5-3-4-6-8(7)12/h3-6,9-10H,13H2,1-2H3/t9-,10-/m1/s1. The topological polar surface area (TPSA) is 26.0 Å². The highest BCUT2D eigenvalue weighted by Gasteiger charge is 2.56. The average molecular weight is 179 g/mol. The van der Waals surface area contributed by atoms with E-state index in [0.29, 0.717) is 0 Å². The first kappa shape index (κ1) is 8.70. The number of nitrogens with two attached hydrogens (primary N) is 1. The molecule has 2 atom stereocenters. The summed E-state index contributed by atoms with van der Waals surface area (Å²) in [5, 5.41) is 0. The van der Waals surface area contributed by atoms with E-state index in [0.717, 1.165) is 5.56 Å². The van der Waals surface area contributed by atoms with Gasteiger partial charge in [-0.15, -0.1) is 0 Å². The lowest BCUT2D eigenvalue weighted by molar-refractivity contribution is 0.571. The van der Waals surface area contributed by atoms with Crippen LogP contribution in [0.1, 0.15) is 25.3 Å². The van der Waals surface area contributed by atoms with Crippen LogP contribution in [0.5, 0.6) is 0 Å². The smallest absolute Gasteiger partial charge is 0.126 e. The lowest BCUT2D eigenvalue weighted by atomic mass is 10.0. The summed E-state index contributed by atoms with van der Waals surface area (Å²) in [6.07, 6.45) is 0. The Hall–Kier alpha value is -0.890. The van der Waals surface area contributed by atoms with Crippen LogP contribution in [0.15, 0.2) is 24.3 Å². The molecule has 1 nitrogen and oxygen atoms in total. The molecule has 0 heterocycles. The molecule has 2 rings (SSSR count). The number of halogens is 1. The second kappa shape index (κ2) is 2.55. The lowest BCUT2D eigenvalue weighted by Gasteiger charge is -2.03. The first-order chi connectivity index (χ1) is 6.05. The van der Waals surface area contributed by atoms with Gasteiger partial charge in [-0.3, -0.25) is 0 Å². The summed E-state index contributed by atoms with van der Waals surface area (Å²) in [5.74, 6) is 0.0576. The van der Waals surface area contributed by atoms with E-state index in [1.165, 1.54) is 6.07 Å². The summed E-state index contributed by atoms with van der Waals surface area (Å²) >= 11 is 0. The van der Waals surface area contributed by atoms with Crippen molar-refractivity contribution in [2.75, 3.05) is 0 Å². The van der Waals surface area contributed by atoms with Crippen LogP contribution in [0.2, 0.25) is 0 Å². The SMILES string of the molecule is CC1(C)[C@H](N)[C@H]1c1ccccc1F. The summed E-state index contributed by atoms with van der Waals surface area (Å²) < 4.78 is 13.3. The van der Waals surface area contributed by atoms with E-state index < -0.39 is 0 Å². The molecule has 0 spiro atoms. The van der Waals surface area contributed by atoms with E-state index in [4.69, 9.17) is 5.73 Å². The highest BCUT2D eigenvalue weighted by Crippen LogP contribution is 2.57. The van der Waals surface area contributed by atoms with Gasteiger partial charge in [0.2, 0.25) is 0 Å². The lowest BCUT2D eigenvalue weighted by Crippen LogP contribution is -2.06. The predicted octanol–water partition coefficient (Wildman–Crippen LogP) is 2.28. The molecule has 0 aromatic heterocycles. The summed E-state index contributed by atoms with van der Waals surface area (Å²) in [7, 11) is 0. The van der Waals surface area contributed by atoms with E-state index in [-0.39, 0.29) is 23.2 Å². The van der Waals surface area contributed by atoms with Gasteiger partial charge in [-0.2, -0.15) is 0 Å². The average Bonchev–Trinajstić information content (AvgIpc) is 2.54. The summed E-state index contributed by atoms with van der Waals surface area (Å²) in [6.45, 7) is 4.16. The van der Waals surface area contributed by atoms with Gasteiger partial charge in [0.1, 0.15) is 5.82 Å². The first-order valence-corrected chi connectivity index (χ1v) is 4.55. The van der Waals surface area contributed by atoms with Crippen molar-refractivity contribution < 1.29 is 4.39 Å². The predicted molar refractivity (Wildman–Crippen MR) is 50.9 cm³/mol. The van der Waals surface area contributed by atoms with Crippen molar-refractivity contribution >= 4 is 0 Å². The quantitative estimate of drug-likeness (QED) is 0.703. The van der Waals surface area contributed by atoms with E-state index in [1.54, 1.807) is 6.07 Å². The van der Waals surface area contributed by atoms with E-state index in [1.807, 2.05) is 12.1 Å². The Morgan fingerprint density at radius 2 is 1.85 bits per heavy atom. The van der Waals surface area contributed by atoms with Crippen molar-refractivity contribution in [3.63, 3.8) is 0 Å². The molecule has 0 bridgehead atoms. The highest BCUT2D eigenvalue weighted by molar-refractivity contribution is 5.34. The van der Waals surface area contributed by atoms with E-state index in [9.17, 15) is 4.39 Å². The third-order valence-corrected chi connectivity index (χ3v) is 3.15. The minimum Gasteiger partial charge on any atom is -0.327 e. The molecule has 70 valence electrons. The third-order valence-electron chi connectivity index (χ3n) is 3.15. The Bertz CT molecular complexity index is 333. The van der Waals surface area contributed by atoms with Gasteiger partial charge in [0.25, 0.3) is 0 Å². The van der Waals surface area contributed by atoms with Crippen molar-refractivity contribution in [3.8, 4) is 0 Å². The van der Waals surface area contributed by atoms with Gasteiger partial charge >= 0.3 is 0 Å². The summed E-state index contributed by atoms with van der Waals surface area (Å²) in [5.41, 5.74) is 6.70. The maximum Gasteiger partial charge on any atom is 0.126 e. The largest absolute Gasteiger partial charge is 0.327 e. The van der Waals surface area contributed by atoms with Crippen LogP contribution < -0.4 is 5.73 Å². The van der Waals surface area contributed by atoms with Gasteiger partial charge in [0.05, 0.1) is 0 Å². The molecule has 1 aromatic rings. The molecule has 1 saturated carbocycles. The highest BCUT2D eigenvalue weighted by atomic mass is 19.1. The molecule has 0 saturated heterocycles. The van der Waals surface area contributed by atoms with Crippen LogP contribution in [0.25, 0.3) is 0 Å². The van der Waals surface area contributed by atoms with Gasteiger partial charge in [0, 0.05) is 12.0 Å². The Balaban J connectivity index is 2.34. The Morgan fingerprint density at radius 3 is 2.31 bits per heavy atom.